The minimum absolute atomic E-state index is 0.0592. The van der Waals surface area contributed by atoms with E-state index in [2.05, 4.69) is 0 Å². The second-order valence-corrected chi connectivity index (χ2v) is 11.7. The molecule has 2 heterocycles. The first-order valence-electron chi connectivity index (χ1n) is 11.7. The van der Waals surface area contributed by atoms with E-state index >= 15 is 0 Å². The van der Waals surface area contributed by atoms with E-state index in [1.54, 1.807) is 16.4 Å². The molecule has 2 aliphatic heterocycles. The van der Waals surface area contributed by atoms with Crippen LogP contribution in [-0.4, -0.2) is 43.9 Å². The highest BCUT2D eigenvalue weighted by Crippen LogP contribution is 2.47. The summed E-state index contributed by atoms with van der Waals surface area (Å²) in [7, 11) is -3.59. The Kier molecular flexibility index (Phi) is 5.74. The lowest BCUT2D eigenvalue weighted by molar-refractivity contribution is -0.125. The maximum absolute atomic E-state index is 13.4. The molecule has 2 N–H and O–H groups in total. The number of nitrogens with two attached hydrogens (primary N) is 1. The zero-order valence-electron chi connectivity index (χ0n) is 19.3. The van der Waals surface area contributed by atoms with E-state index in [0.29, 0.717) is 43.9 Å². The van der Waals surface area contributed by atoms with E-state index in [9.17, 15) is 13.2 Å². The molecule has 0 aliphatic carbocycles. The van der Waals surface area contributed by atoms with Crippen molar-refractivity contribution in [2.45, 2.75) is 42.1 Å². The van der Waals surface area contributed by atoms with Gasteiger partial charge in [0.1, 0.15) is 0 Å². The van der Waals surface area contributed by atoms with Gasteiger partial charge in [0.25, 0.3) is 0 Å². The molecule has 0 saturated carbocycles. The van der Waals surface area contributed by atoms with Crippen LogP contribution in [0.3, 0.4) is 0 Å². The predicted octanol–water partition coefficient (Wildman–Crippen LogP) is 3.84. The summed E-state index contributed by atoms with van der Waals surface area (Å²) >= 11 is 0. The van der Waals surface area contributed by atoms with Crippen LogP contribution in [0.1, 0.15) is 31.7 Å². The fourth-order valence-electron chi connectivity index (χ4n) is 5.54. The van der Waals surface area contributed by atoms with Gasteiger partial charge in [-0.25, -0.2) is 8.42 Å². The van der Waals surface area contributed by atoms with Crippen LogP contribution < -0.4 is 5.73 Å². The Labute approximate surface area is 200 Å². The van der Waals surface area contributed by atoms with Gasteiger partial charge in [0.2, 0.25) is 15.9 Å². The van der Waals surface area contributed by atoms with Gasteiger partial charge in [-0.05, 0) is 54.7 Å². The van der Waals surface area contributed by atoms with Crippen LogP contribution in [0, 0.1) is 5.92 Å². The predicted molar refractivity (Wildman–Crippen MR) is 132 cm³/mol. The average molecular weight is 479 g/mol. The summed E-state index contributed by atoms with van der Waals surface area (Å²) in [6, 6.07) is 22.7. The van der Waals surface area contributed by atoms with Crippen molar-refractivity contribution in [1.29, 1.82) is 0 Å². The topological polar surface area (TPSA) is 89.7 Å². The second kappa shape index (κ2) is 8.48. The molecule has 7 heteroatoms. The monoisotopic (exact) mass is 478 g/mol. The Bertz CT molecular complexity index is 1320. The number of sulfonamides is 1. The van der Waals surface area contributed by atoms with Gasteiger partial charge in [-0.1, -0.05) is 60.7 Å². The summed E-state index contributed by atoms with van der Waals surface area (Å²) in [5, 5.41) is 1.92. The van der Waals surface area contributed by atoms with E-state index in [1.807, 2.05) is 67.6 Å². The van der Waals surface area contributed by atoms with Crippen LogP contribution in [0.4, 0.5) is 0 Å². The van der Waals surface area contributed by atoms with Crippen molar-refractivity contribution in [1.82, 2.24) is 4.31 Å². The van der Waals surface area contributed by atoms with E-state index in [1.165, 1.54) is 0 Å². The molecule has 2 atom stereocenters. The number of hydrogen-bond donors (Lipinski definition) is 1. The van der Waals surface area contributed by atoms with Crippen molar-refractivity contribution in [3.05, 3.63) is 78.4 Å². The minimum atomic E-state index is -3.59. The maximum Gasteiger partial charge on any atom is 0.243 e. The van der Waals surface area contributed by atoms with E-state index < -0.39 is 21.0 Å². The number of fused-ring (bicyclic) bond motifs is 1. The standard InChI is InChI=1S/C27H30N2O4S/c1-26(25(28)30,22-9-3-2-4-10-22)23-18-27(33-19-23)13-15-29(16-14-27)34(31,32)24-12-11-20-7-5-6-8-21(20)17-24/h2-12,17,23H,13-16,18-19H2,1H3,(H2,28,30)/t23-,26?/m0/s1. The molecule has 3 aromatic rings. The third-order valence-electron chi connectivity index (χ3n) is 7.90. The number of benzene rings is 3. The van der Waals surface area contributed by atoms with Gasteiger partial charge in [0.05, 0.1) is 22.5 Å². The third kappa shape index (κ3) is 3.82. The number of rotatable bonds is 5. The quantitative estimate of drug-likeness (QED) is 0.603. The van der Waals surface area contributed by atoms with E-state index in [-0.39, 0.29) is 11.8 Å². The van der Waals surface area contributed by atoms with Gasteiger partial charge in [-0.15, -0.1) is 0 Å². The Morgan fingerprint density at radius 1 is 1.00 bits per heavy atom. The first-order valence-corrected chi connectivity index (χ1v) is 13.2. The normalized spacial score (nSPS) is 22.6. The highest BCUT2D eigenvalue weighted by atomic mass is 32.2. The van der Waals surface area contributed by atoms with Gasteiger partial charge < -0.3 is 10.5 Å². The molecule has 1 unspecified atom stereocenters. The molecule has 1 amide bonds. The van der Waals surface area contributed by atoms with Gasteiger partial charge in [0.15, 0.2) is 0 Å². The molecule has 2 saturated heterocycles. The molecule has 34 heavy (non-hydrogen) atoms. The number of nitrogens with zero attached hydrogens (tertiary/aromatic N) is 1. The number of carbonyl (C=O) groups excluding carboxylic acids is 1. The molecule has 0 aromatic heterocycles. The van der Waals surface area contributed by atoms with E-state index in [0.717, 1.165) is 16.3 Å². The van der Waals surface area contributed by atoms with Crippen LogP contribution in [0.25, 0.3) is 10.8 Å². The largest absolute Gasteiger partial charge is 0.375 e. The maximum atomic E-state index is 13.4. The minimum Gasteiger partial charge on any atom is -0.375 e. The van der Waals surface area contributed by atoms with Crippen molar-refractivity contribution in [2.24, 2.45) is 11.7 Å². The third-order valence-corrected chi connectivity index (χ3v) is 9.80. The molecular weight excluding hydrogens is 448 g/mol. The van der Waals surface area contributed by atoms with Gasteiger partial charge in [0, 0.05) is 19.0 Å². The molecule has 2 aliphatic rings. The molecule has 5 rings (SSSR count). The first kappa shape index (κ1) is 23.0. The number of ether oxygens (including phenoxy) is 1. The molecule has 178 valence electrons. The number of amides is 1. The zero-order valence-corrected chi connectivity index (χ0v) is 20.1. The highest BCUT2D eigenvalue weighted by Gasteiger charge is 2.52. The summed E-state index contributed by atoms with van der Waals surface area (Å²) in [5.41, 5.74) is 5.54. The molecule has 2 fully saturated rings. The van der Waals surface area contributed by atoms with Crippen molar-refractivity contribution in [2.75, 3.05) is 19.7 Å². The summed E-state index contributed by atoms with van der Waals surface area (Å²) in [5.74, 6) is -0.420. The lowest BCUT2D eigenvalue weighted by Crippen LogP contribution is -2.48. The number of piperidine rings is 1. The van der Waals surface area contributed by atoms with Crippen molar-refractivity contribution in [3.8, 4) is 0 Å². The Morgan fingerprint density at radius 3 is 2.32 bits per heavy atom. The summed E-state index contributed by atoms with van der Waals surface area (Å²) in [4.78, 5) is 12.9. The zero-order chi connectivity index (χ0) is 24.0. The molecule has 3 aromatic carbocycles. The average Bonchev–Trinajstić information content (AvgIpc) is 3.27. The number of hydrogen-bond acceptors (Lipinski definition) is 4. The molecule has 6 nitrogen and oxygen atoms in total. The van der Waals surface area contributed by atoms with Gasteiger partial charge in [-0.2, -0.15) is 4.31 Å². The Morgan fingerprint density at radius 2 is 1.65 bits per heavy atom. The fraction of sp³-hybridized carbons (Fsp3) is 0.370. The Balaban J connectivity index is 1.32. The van der Waals surface area contributed by atoms with Crippen molar-refractivity contribution in [3.63, 3.8) is 0 Å². The smallest absolute Gasteiger partial charge is 0.243 e. The summed E-state index contributed by atoms with van der Waals surface area (Å²) < 4.78 is 34.6. The van der Waals surface area contributed by atoms with Crippen LogP contribution in [0.2, 0.25) is 0 Å². The second-order valence-electron chi connectivity index (χ2n) is 9.74. The lowest BCUT2D eigenvalue weighted by atomic mass is 9.68. The first-order chi connectivity index (χ1) is 16.2. The molecule has 0 bridgehead atoms. The lowest BCUT2D eigenvalue weighted by Gasteiger charge is -2.39. The van der Waals surface area contributed by atoms with E-state index in [4.69, 9.17) is 10.5 Å². The van der Waals surface area contributed by atoms with Crippen LogP contribution in [-0.2, 0) is 25.0 Å². The summed E-state index contributed by atoms with van der Waals surface area (Å²) in [6.45, 7) is 3.11. The van der Waals surface area contributed by atoms with Crippen molar-refractivity contribution < 1.29 is 17.9 Å². The molecule has 0 radical (unpaired) electrons. The summed E-state index contributed by atoms with van der Waals surface area (Å²) in [6.07, 6.45) is 1.88. The van der Waals surface area contributed by atoms with Crippen LogP contribution >= 0.6 is 0 Å². The van der Waals surface area contributed by atoms with Crippen molar-refractivity contribution >= 4 is 26.7 Å². The van der Waals surface area contributed by atoms with Crippen LogP contribution in [0.5, 0.6) is 0 Å². The van der Waals surface area contributed by atoms with Gasteiger partial charge in [-0.3, -0.25) is 4.79 Å². The number of primary amides is 1. The molecule has 1 spiro atoms. The highest BCUT2D eigenvalue weighted by molar-refractivity contribution is 7.89. The Hall–Kier alpha value is -2.74. The fourth-order valence-corrected chi connectivity index (χ4v) is 7.02. The number of carbonyl (C=O) groups is 1. The SMILES string of the molecule is CC(C(N)=O)(c1ccccc1)[C@@H]1COC2(CCN(S(=O)(=O)c3ccc4ccccc4c3)CC2)C1. The van der Waals surface area contributed by atoms with Gasteiger partial charge >= 0.3 is 0 Å². The molecular formula is C27H30N2O4S. The van der Waals surface area contributed by atoms with Crippen LogP contribution in [0.15, 0.2) is 77.7 Å².